The zero-order valence-corrected chi connectivity index (χ0v) is 11.0. The maximum atomic E-state index is 11.7. The van der Waals surface area contributed by atoms with E-state index in [1.54, 1.807) is 6.92 Å². The molecule has 0 saturated carbocycles. The summed E-state index contributed by atoms with van der Waals surface area (Å²) in [7, 11) is 0. The lowest BCUT2D eigenvalue weighted by Crippen LogP contribution is -2.26. The number of alkyl halides is 1. The SMILES string of the molecule is CCOC(=O)N(Cc1ccccc1)N=NCCCl. The molecule has 18 heavy (non-hydrogen) atoms. The van der Waals surface area contributed by atoms with Crippen molar-refractivity contribution in [2.24, 2.45) is 10.3 Å². The Morgan fingerprint density at radius 1 is 1.39 bits per heavy atom. The third kappa shape index (κ3) is 5.14. The van der Waals surface area contributed by atoms with Crippen LogP contribution in [0.15, 0.2) is 40.7 Å². The number of carbonyl (C=O) groups is 1. The molecule has 0 fully saturated rings. The summed E-state index contributed by atoms with van der Waals surface area (Å²) in [6.07, 6.45) is -0.514. The molecule has 0 aliphatic carbocycles. The summed E-state index contributed by atoms with van der Waals surface area (Å²) in [4.78, 5) is 11.7. The van der Waals surface area contributed by atoms with E-state index in [4.69, 9.17) is 16.3 Å². The van der Waals surface area contributed by atoms with Crippen LogP contribution in [0.25, 0.3) is 0 Å². The number of nitrogens with zero attached hydrogens (tertiary/aromatic N) is 3. The van der Waals surface area contributed by atoms with Gasteiger partial charge < -0.3 is 4.74 Å². The van der Waals surface area contributed by atoms with Crippen molar-refractivity contribution in [3.05, 3.63) is 35.9 Å². The molecule has 0 spiro atoms. The van der Waals surface area contributed by atoms with E-state index in [-0.39, 0.29) is 0 Å². The van der Waals surface area contributed by atoms with Crippen molar-refractivity contribution in [3.8, 4) is 0 Å². The van der Waals surface area contributed by atoms with Gasteiger partial charge in [-0.05, 0) is 12.5 Å². The van der Waals surface area contributed by atoms with Crippen LogP contribution in [-0.4, -0.2) is 30.1 Å². The lowest BCUT2D eigenvalue weighted by molar-refractivity contribution is 0.102. The minimum atomic E-state index is -0.514. The third-order valence-electron chi connectivity index (χ3n) is 2.01. The van der Waals surface area contributed by atoms with Crippen LogP contribution in [0.2, 0.25) is 0 Å². The number of halogens is 1. The van der Waals surface area contributed by atoms with Crippen LogP contribution < -0.4 is 0 Å². The summed E-state index contributed by atoms with van der Waals surface area (Å²) in [5.74, 6) is 0.367. The van der Waals surface area contributed by atoms with Crippen LogP contribution in [0, 0.1) is 0 Å². The number of ether oxygens (including phenoxy) is 1. The quantitative estimate of drug-likeness (QED) is 0.452. The van der Waals surface area contributed by atoms with Gasteiger partial charge in [-0.15, -0.1) is 11.6 Å². The molecule has 0 atom stereocenters. The fourth-order valence-electron chi connectivity index (χ4n) is 1.25. The fraction of sp³-hybridized carbons (Fsp3) is 0.417. The Morgan fingerprint density at radius 2 is 2.11 bits per heavy atom. The number of hydrogen-bond donors (Lipinski definition) is 0. The van der Waals surface area contributed by atoms with Crippen LogP contribution in [0.4, 0.5) is 4.79 Å². The lowest BCUT2D eigenvalue weighted by Gasteiger charge is -2.14. The summed E-state index contributed by atoms with van der Waals surface area (Å²) < 4.78 is 4.91. The molecule has 0 radical (unpaired) electrons. The van der Waals surface area contributed by atoms with Crippen molar-refractivity contribution in [1.29, 1.82) is 0 Å². The van der Waals surface area contributed by atoms with E-state index < -0.39 is 6.09 Å². The molecule has 1 aromatic carbocycles. The number of carbonyl (C=O) groups excluding carboxylic acids is 1. The Kier molecular flexibility index (Phi) is 6.79. The van der Waals surface area contributed by atoms with Gasteiger partial charge in [0, 0.05) is 5.88 Å². The van der Waals surface area contributed by atoms with Gasteiger partial charge in [0.2, 0.25) is 0 Å². The van der Waals surface area contributed by atoms with E-state index in [1.807, 2.05) is 30.3 Å². The van der Waals surface area contributed by atoms with Gasteiger partial charge >= 0.3 is 6.09 Å². The first-order valence-electron chi connectivity index (χ1n) is 5.69. The highest BCUT2D eigenvalue weighted by Gasteiger charge is 2.14. The predicted octanol–water partition coefficient (Wildman–Crippen LogP) is 3.25. The van der Waals surface area contributed by atoms with Gasteiger partial charge in [0.05, 0.1) is 19.7 Å². The van der Waals surface area contributed by atoms with E-state index >= 15 is 0 Å². The van der Waals surface area contributed by atoms with Gasteiger partial charge in [0.15, 0.2) is 0 Å². The van der Waals surface area contributed by atoms with Gasteiger partial charge in [-0.3, -0.25) is 0 Å². The van der Waals surface area contributed by atoms with E-state index in [0.29, 0.717) is 25.6 Å². The second-order valence-electron chi connectivity index (χ2n) is 3.39. The second-order valence-corrected chi connectivity index (χ2v) is 3.76. The molecular weight excluding hydrogens is 254 g/mol. The van der Waals surface area contributed by atoms with Crippen molar-refractivity contribution in [2.45, 2.75) is 13.5 Å². The first-order chi connectivity index (χ1) is 8.77. The van der Waals surface area contributed by atoms with Gasteiger partial charge in [0.1, 0.15) is 0 Å². The van der Waals surface area contributed by atoms with Crippen molar-refractivity contribution >= 4 is 17.7 Å². The van der Waals surface area contributed by atoms with E-state index in [9.17, 15) is 4.79 Å². The Hall–Kier alpha value is -1.62. The average molecular weight is 270 g/mol. The molecule has 0 N–H and O–H groups in total. The largest absolute Gasteiger partial charge is 0.448 e. The number of benzene rings is 1. The third-order valence-corrected chi connectivity index (χ3v) is 2.18. The molecule has 0 unspecified atom stereocenters. The van der Waals surface area contributed by atoms with E-state index in [2.05, 4.69) is 10.3 Å². The number of hydrogen-bond acceptors (Lipinski definition) is 4. The molecule has 0 aliphatic rings. The molecule has 1 rings (SSSR count). The van der Waals surface area contributed by atoms with Gasteiger partial charge in [0.25, 0.3) is 0 Å². The zero-order chi connectivity index (χ0) is 13.2. The molecule has 1 aromatic rings. The monoisotopic (exact) mass is 269 g/mol. The van der Waals surface area contributed by atoms with Crippen molar-refractivity contribution < 1.29 is 9.53 Å². The molecule has 5 nitrogen and oxygen atoms in total. The first kappa shape index (κ1) is 14.4. The average Bonchev–Trinajstić information content (AvgIpc) is 2.39. The van der Waals surface area contributed by atoms with Gasteiger partial charge in [-0.2, -0.15) is 10.1 Å². The minimum Gasteiger partial charge on any atom is -0.448 e. The summed E-state index contributed by atoms with van der Waals surface area (Å²) >= 11 is 5.50. The van der Waals surface area contributed by atoms with Crippen LogP contribution in [0.3, 0.4) is 0 Å². The topological polar surface area (TPSA) is 54.3 Å². The van der Waals surface area contributed by atoms with E-state index in [1.165, 1.54) is 5.01 Å². The lowest BCUT2D eigenvalue weighted by atomic mass is 10.2. The predicted molar refractivity (Wildman–Crippen MR) is 69.5 cm³/mol. The summed E-state index contributed by atoms with van der Waals surface area (Å²) in [6, 6.07) is 9.52. The van der Waals surface area contributed by atoms with Crippen molar-refractivity contribution in [2.75, 3.05) is 19.0 Å². The summed E-state index contributed by atoms with van der Waals surface area (Å²) in [5.41, 5.74) is 0.954. The Bertz CT molecular complexity index is 384. The molecule has 1 amide bonds. The number of amides is 1. The highest BCUT2D eigenvalue weighted by molar-refractivity contribution is 6.18. The summed E-state index contributed by atoms with van der Waals surface area (Å²) in [5, 5.41) is 8.82. The maximum absolute atomic E-state index is 11.7. The Morgan fingerprint density at radius 3 is 2.72 bits per heavy atom. The molecule has 0 aliphatic heterocycles. The molecule has 0 heterocycles. The Labute approximate surface area is 111 Å². The summed E-state index contributed by atoms with van der Waals surface area (Å²) in [6.45, 7) is 2.74. The van der Waals surface area contributed by atoms with Gasteiger partial charge in [-0.1, -0.05) is 35.6 Å². The zero-order valence-electron chi connectivity index (χ0n) is 10.3. The maximum Gasteiger partial charge on any atom is 0.432 e. The minimum absolute atomic E-state index is 0.301. The molecule has 0 aromatic heterocycles. The molecule has 98 valence electrons. The van der Waals surface area contributed by atoms with Crippen LogP contribution in [-0.2, 0) is 11.3 Å². The van der Waals surface area contributed by atoms with Gasteiger partial charge in [-0.25, -0.2) is 4.79 Å². The molecule has 0 saturated heterocycles. The number of rotatable bonds is 6. The molecule has 0 bridgehead atoms. The smallest absolute Gasteiger partial charge is 0.432 e. The highest BCUT2D eigenvalue weighted by atomic mass is 35.5. The Balaban J connectivity index is 2.68. The van der Waals surface area contributed by atoms with E-state index in [0.717, 1.165) is 5.56 Å². The fourth-order valence-corrected chi connectivity index (χ4v) is 1.32. The standard InChI is InChI=1S/C12H16ClN3O2/c1-2-18-12(17)16(15-14-9-8-13)10-11-6-4-3-5-7-11/h3-7H,2,8-10H2,1H3. The first-order valence-corrected chi connectivity index (χ1v) is 6.23. The molecular formula is C12H16ClN3O2. The van der Waals surface area contributed by atoms with Crippen LogP contribution in [0.1, 0.15) is 12.5 Å². The van der Waals surface area contributed by atoms with Crippen molar-refractivity contribution in [1.82, 2.24) is 5.01 Å². The highest BCUT2D eigenvalue weighted by Crippen LogP contribution is 2.07. The van der Waals surface area contributed by atoms with Crippen molar-refractivity contribution in [3.63, 3.8) is 0 Å². The van der Waals surface area contributed by atoms with Crippen LogP contribution >= 0.6 is 11.6 Å². The second kappa shape index (κ2) is 8.47. The van der Waals surface area contributed by atoms with Crippen LogP contribution in [0.5, 0.6) is 0 Å². The normalized spacial score (nSPS) is 10.6. The molecule has 6 heteroatoms.